The molecule has 2 aliphatic rings. The average molecular weight is 435 g/mol. The molecule has 0 N–H and O–H groups in total. The second-order valence-corrected chi connectivity index (χ2v) is 11.6. The average Bonchev–Trinajstić information content (AvgIpc) is 2.90. The van der Waals surface area contributed by atoms with E-state index >= 15 is 0 Å². The van der Waals surface area contributed by atoms with E-state index in [0.717, 1.165) is 12.8 Å². The van der Waals surface area contributed by atoms with Gasteiger partial charge in [0, 0.05) is 0 Å². The van der Waals surface area contributed by atoms with Gasteiger partial charge in [0.2, 0.25) is 0 Å². The first-order valence-electron chi connectivity index (χ1n) is 7.57. The largest absolute Gasteiger partial charge is 0.147 e. The molecule has 0 fully saturated rings. The Morgan fingerprint density at radius 1 is 0.739 bits per heavy atom. The molecule has 0 heterocycles. The zero-order valence-corrected chi connectivity index (χ0v) is 20.0. The summed E-state index contributed by atoms with van der Waals surface area (Å²) in [5.74, 6) is 0. The van der Waals surface area contributed by atoms with Crippen molar-refractivity contribution < 1.29 is 22.3 Å². The van der Waals surface area contributed by atoms with Crippen LogP contribution in [0.3, 0.4) is 0 Å². The van der Waals surface area contributed by atoms with Crippen molar-refractivity contribution in [3.8, 4) is 0 Å². The third-order valence-electron chi connectivity index (χ3n) is 3.22. The summed E-state index contributed by atoms with van der Waals surface area (Å²) in [6, 6.07) is 0. The minimum atomic E-state index is -0.128. The van der Waals surface area contributed by atoms with Crippen molar-refractivity contribution in [2.24, 2.45) is 0 Å². The van der Waals surface area contributed by atoms with Crippen LogP contribution in [0.1, 0.15) is 68.2 Å². The van der Waals surface area contributed by atoms with E-state index in [2.05, 4.69) is 79.7 Å². The first-order chi connectivity index (χ1) is 9.73. The maximum Gasteiger partial charge on any atom is -0.147 e. The van der Waals surface area contributed by atoms with Crippen molar-refractivity contribution in [3.05, 3.63) is 46.6 Å². The molecule has 0 radical (unpaired) electrons. The van der Waals surface area contributed by atoms with Crippen LogP contribution in [0.15, 0.2) is 34.4 Å². The van der Waals surface area contributed by atoms with Gasteiger partial charge >= 0.3 is 56.4 Å². The quantitative estimate of drug-likeness (QED) is 0.381. The molecular formula is C20H32Cl2Zr-2. The Labute approximate surface area is 167 Å². The number of rotatable bonds is 0. The van der Waals surface area contributed by atoms with Gasteiger partial charge in [0.1, 0.15) is 0 Å². The minimum absolute atomic E-state index is 0. The summed E-state index contributed by atoms with van der Waals surface area (Å²) in [6.07, 6.45) is 12.4. The molecule has 23 heavy (non-hydrogen) atoms. The fourth-order valence-electron chi connectivity index (χ4n) is 1.74. The Bertz CT molecular complexity index is 486. The van der Waals surface area contributed by atoms with Crippen LogP contribution >= 0.6 is 24.8 Å². The van der Waals surface area contributed by atoms with Gasteiger partial charge in [0.15, 0.2) is 0 Å². The van der Waals surface area contributed by atoms with Crippen molar-refractivity contribution in [2.45, 2.75) is 68.2 Å². The molecule has 0 unspecified atom stereocenters. The van der Waals surface area contributed by atoms with Crippen LogP contribution in [-0.4, -0.2) is 6.41 Å². The van der Waals surface area contributed by atoms with Crippen LogP contribution in [0.2, 0.25) is 0 Å². The predicted molar refractivity (Wildman–Crippen MR) is 109 cm³/mol. The normalized spacial score (nSPS) is 13.9. The van der Waals surface area contributed by atoms with Gasteiger partial charge in [0.25, 0.3) is 0 Å². The molecule has 2 rings (SSSR count). The van der Waals surface area contributed by atoms with Crippen LogP contribution in [-0.2, 0) is 22.3 Å². The molecule has 2 aliphatic carbocycles. The van der Waals surface area contributed by atoms with Gasteiger partial charge in [0.05, 0.1) is 0 Å². The molecule has 0 aromatic carbocycles. The van der Waals surface area contributed by atoms with Crippen molar-refractivity contribution in [1.82, 2.24) is 0 Å². The zero-order valence-electron chi connectivity index (χ0n) is 15.9. The molecule has 0 aromatic heterocycles. The monoisotopic (exact) mass is 432 g/mol. The number of halogens is 2. The summed E-state index contributed by atoms with van der Waals surface area (Å²) in [5, 5.41) is 0. The first-order valence-corrected chi connectivity index (χ1v) is 10.0. The van der Waals surface area contributed by atoms with Gasteiger partial charge in [-0.15, -0.1) is 51.5 Å². The van der Waals surface area contributed by atoms with Crippen LogP contribution in [0.4, 0.5) is 0 Å². The van der Waals surface area contributed by atoms with Crippen LogP contribution < -0.4 is 0 Å². The van der Waals surface area contributed by atoms with Crippen LogP contribution in [0, 0.1) is 12.2 Å². The van der Waals surface area contributed by atoms with Crippen molar-refractivity contribution in [1.29, 1.82) is 0 Å². The van der Waals surface area contributed by atoms with E-state index in [1.165, 1.54) is 22.3 Å². The summed E-state index contributed by atoms with van der Waals surface area (Å²) in [6.45, 7) is 17.5. The molecule has 0 aromatic rings. The Hall–Kier alpha value is 0.163. The third-order valence-corrected chi connectivity index (χ3v) is 5.68. The van der Waals surface area contributed by atoms with Gasteiger partial charge in [-0.3, -0.25) is 12.2 Å². The minimum Gasteiger partial charge on any atom is -0.147 e. The van der Waals surface area contributed by atoms with E-state index in [1.807, 2.05) is 0 Å². The number of hydrogen-bond donors (Lipinski definition) is 0. The van der Waals surface area contributed by atoms with E-state index in [9.17, 15) is 0 Å². The summed E-state index contributed by atoms with van der Waals surface area (Å²) >= 11 is -0.128. The summed E-state index contributed by atoms with van der Waals surface area (Å²) in [5.41, 5.74) is 5.69. The molecule has 132 valence electrons. The van der Waals surface area contributed by atoms with Crippen molar-refractivity contribution >= 4 is 31.2 Å². The van der Waals surface area contributed by atoms with Crippen LogP contribution in [0.25, 0.3) is 0 Å². The summed E-state index contributed by atoms with van der Waals surface area (Å²) in [7, 11) is 0. The molecule has 0 saturated heterocycles. The number of allylic oxidation sites excluding steroid dienone is 8. The topological polar surface area (TPSA) is 0 Å². The standard InChI is InChI=1S/2C7H9.2C3H6.2ClH.Zr/c2*1-6-4-3-5-7(6)2;2*1-3-2;;;/h2*4H,5H2,1-2H3;2*1-2H3;2*1H;/q2*-1;;;;;. The van der Waals surface area contributed by atoms with E-state index in [4.69, 9.17) is 0 Å². The third kappa shape index (κ3) is 15.4. The molecule has 0 aliphatic heterocycles. The number of hydrogen-bond acceptors (Lipinski definition) is 0. The molecule has 0 nitrogen and oxygen atoms in total. The van der Waals surface area contributed by atoms with Gasteiger partial charge in [-0.25, -0.2) is 23.3 Å². The van der Waals surface area contributed by atoms with Gasteiger partial charge in [-0.05, 0) is 0 Å². The molecule has 3 heteroatoms. The Morgan fingerprint density at radius 2 is 1.04 bits per heavy atom. The fourth-order valence-corrected chi connectivity index (χ4v) is 4.20. The molecule has 0 spiro atoms. The molecule has 0 saturated carbocycles. The summed E-state index contributed by atoms with van der Waals surface area (Å²) in [4.78, 5) is 0. The van der Waals surface area contributed by atoms with Gasteiger partial charge in [-0.2, -0.15) is 11.1 Å². The van der Waals surface area contributed by atoms with Crippen molar-refractivity contribution in [2.75, 3.05) is 0 Å². The van der Waals surface area contributed by atoms with E-state index in [-0.39, 0.29) is 47.1 Å². The second kappa shape index (κ2) is 15.7. The molecule has 0 atom stereocenters. The zero-order chi connectivity index (χ0) is 16.4. The Kier molecular flexibility index (Phi) is 19.1. The van der Waals surface area contributed by atoms with E-state index < -0.39 is 0 Å². The molecular weight excluding hydrogens is 402 g/mol. The van der Waals surface area contributed by atoms with Crippen LogP contribution in [0.5, 0.6) is 0 Å². The molecule has 0 bridgehead atoms. The fraction of sp³-hybridized carbons (Fsp3) is 0.500. The van der Waals surface area contributed by atoms with E-state index in [1.54, 1.807) is 6.41 Å². The van der Waals surface area contributed by atoms with Crippen molar-refractivity contribution in [3.63, 3.8) is 0 Å². The SMILES string of the molecule is CC1=C(C)C[C-]=C1.CC1=C(C)C[C-]=C1.C[C](C)=[Zr]=[C](C)C.Cl.Cl. The Morgan fingerprint density at radius 3 is 1.09 bits per heavy atom. The Balaban J connectivity index is -0.000000250. The maximum absolute atomic E-state index is 3.12. The van der Waals surface area contributed by atoms with E-state index in [0.29, 0.717) is 0 Å². The first kappa shape index (κ1) is 28.0. The summed E-state index contributed by atoms with van der Waals surface area (Å²) < 4.78 is 3.34. The van der Waals surface area contributed by atoms with Gasteiger partial charge in [-0.1, -0.05) is 13.8 Å². The predicted octanol–water partition coefficient (Wildman–Crippen LogP) is 6.51. The van der Waals surface area contributed by atoms with Gasteiger partial charge < -0.3 is 0 Å². The second-order valence-electron chi connectivity index (χ2n) is 6.10. The smallest absolute Gasteiger partial charge is 0.147 e. The molecule has 0 amide bonds. The maximum atomic E-state index is 3.12.